The molecule has 0 aliphatic heterocycles. The second-order valence-corrected chi connectivity index (χ2v) is 7.72. The van der Waals surface area contributed by atoms with Gasteiger partial charge >= 0.3 is 0 Å². The molecule has 33 heavy (non-hydrogen) atoms. The average molecular weight is 451 g/mol. The molecule has 7 nitrogen and oxygen atoms in total. The molecule has 0 saturated carbocycles. The molecule has 0 radical (unpaired) electrons. The summed E-state index contributed by atoms with van der Waals surface area (Å²) in [6.45, 7) is 2.14. The number of carbonyl (C=O) groups is 2. The predicted octanol–water partition coefficient (Wildman–Crippen LogP) is 4.12. The predicted molar refractivity (Wildman–Crippen MR) is 122 cm³/mol. The highest BCUT2D eigenvalue weighted by atomic mass is 19.3. The van der Waals surface area contributed by atoms with Crippen molar-refractivity contribution in [3.8, 4) is 0 Å². The van der Waals surface area contributed by atoms with Gasteiger partial charge in [0.2, 0.25) is 18.3 Å². The maximum Gasteiger partial charge on any atom is 0.281 e. The molecule has 0 saturated heterocycles. The van der Waals surface area contributed by atoms with Crippen LogP contribution in [0.2, 0.25) is 0 Å². The number of halogens is 2. The number of aromatic nitrogens is 3. The third-order valence-corrected chi connectivity index (χ3v) is 5.47. The highest BCUT2D eigenvalue weighted by molar-refractivity contribution is 6.07. The Hall–Kier alpha value is -3.88. The molecule has 0 spiro atoms. The van der Waals surface area contributed by atoms with Gasteiger partial charge in [-0.25, -0.2) is 18.7 Å². The maximum atomic E-state index is 13.4. The lowest BCUT2D eigenvalue weighted by atomic mass is 9.92. The molecule has 2 aromatic carbocycles. The number of alkyl halides is 2. The Labute approximate surface area is 188 Å². The summed E-state index contributed by atoms with van der Waals surface area (Å²) >= 11 is 0. The lowest BCUT2D eigenvalue weighted by Gasteiger charge is -2.18. The molecule has 170 valence electrons. The van der Waals surface area contributed by atoms with Gasteiger partial charge in [0.25, 0.3) is 5.91 Å². The Morgan fingerprint density at radius 3 is 2.39 bits per heavy atom. The van der Waals surface area contributed by atoms with Crippen LogP contribution in [0.4, 0.5) is 14.7 Å². The Bertz CT molecular complexity index is 1300. The first kappa shape index (κ1) is 22.3. The van der Waals surface area contributed by atoms with Gasteiger partial charge in [-0.15, -0.1) is 0 Å². The normalized spacial score (nSPS) is 12.4. The fourth-order valence-electron chi connectivity index (χ4n) is 3.91. The molecule has 9 heteroatoms. The Balaban J connectivity index is 1.80. The van der Waals surface area contributed by atoms with E-state index in [4.69, 9.17) is 5.73 Å². The van der Waals surface area contributed by atoms with Gasteiger partial charge in [0.05, 0.1) is 11.4 Å². The van der Waals surface area contributed by atoms with E-state index in [1.165, 1.54) is 4.57 Å². The third kappa shape index (κ3) is 4.67. The minimum atomic E-state index is -2.52. The van der Waals surface area contributed by atoms with Gasteiger partial charge in [-0.2, -0.15) is 0 Å². The summed E-state index contributed by atoms with van der Waals surface area (Å²) in [5, 5.41) is 4.88. The summed E-state index contributed by atoms with van der Waals surface area (Å²) in [4.78, 5) is 34.3. The topological polar surface area (TPSA) is 103 Å². The molecule has 4 aromatic rings. The van der Waals surface area contributed by atoms with Crippen molar-refractivity contribution in [3.05, 3.63) is 66.1 Å². The zero-order valence-electron chi connectivity index (χ0n) is 18.0. The van der Waals surface area contributed by atoms with Crippen molar-refractivity contribution in [2.24, 2.45) is 0 Å². The van der Waals surface area contributed by atoms with E-state index in [0.29, 0.717) is 23.0 Å². The van der Waals surface area contributed by atoms with E-state index in [1.807, 2.05) is 24.3 Å². The molecule has 2 aromatic heterocycles. The zero-order valence-corrected chi connectivity index (χ0v) is 18.0. The van der Waals surface area contributed by atoms with E-state index in [1.54, 1.807) is 37.5 Å². The first-order valence-electron chi connectivity index (χ1n) is 10.6. The minimum absolute atomic E-state index is 0.0306. The average Bonchev–Trinajstić information content (AvgIpc) is 3.22. The van der Waals surface area contributed by atoms with E-state index < -0.39 is 24.7 Å². The molecule has 1 amide bonds. The highest BCUT2D eigenvalue weighted by Crippen LogP contribution is 2.28. The van der Waals surface area contributed by atoms with Crippen molar-refractivity contribution in [3.63, 3.8) is 0 Å². The summed E-state index contributed by atoms with van der Waals surface area (Å²) < 4.78 is 27.2. The summed E-state index contributed by atoms with van der Waals surface area (Å²) in [6.07, 6.45) is 0.430. The van der Waals surface area contributed by atoms with Gasteiger partial charge in [0, 0.05) is 30.7 Å². The fourth-order valence-corrected chi connectivity index (χ4v) is 3.91. The van der Waals surface area contributed by atoms with Gasteiger partial charge in [-0.1, -0.05) is 30.3 Å². The van der Waals surface area contributed by atoms with Crippen molar-refractivity contribution in [1.29, 1.82) is 0 Å². The van der Waals surface area contributed by atoms with Crippen molar-refractivity contribution >= 4 is 39.4 Å². The molecule has 4 rings (SSSR count). The van der Waals surface area contributed by atoms with Crippen LogP contribution in [-0.4, -0.2) is 39.3 Å². The first-order chi connectivity index (χ1) is 15.9. The van der Waals surface area contributed by atoms with E-state index in [2.05, 4.69) is 15.3 Å². The van der Waals surface area contributed by atoms with Gasteiger partial charge in [-0.05, 0) is 41.8 Å². The van der Waals surface area contributed by atoms with Crippen molar-refractivity contribution < 1.29 is 18.4 Å². The number of anilines is 1. The molecular formula is C24H23F2N5O2. The van der Waals surface area contributed by atoms with E-state index >= 15 is 0 Å². The lowest BCUT2D eigenvalue weighted by Crippen LogP contribution is -2.29. The molecule has 2 heterocycles. The summed E-state index contributed by atoms with van der Waals surface area (Å²) in [7, 11) is 0. The van der Waals surface area contributed by atoms with Crippen LogP contribution in [0.5, 0.6) is 0 Å². The summed E-state index contributed by atoms with van der Waals surface area (Å²) in [6, 6.07) is 12.4. The van der Waals surface area contributed by atoms with E-state index in [-0.39, 0.29) is 24.0 Å². The number of carbonyl (C=O) groups excluding carboxylic acids is 2. The SMILES string of the molecule is CCNC(=O)C(CCC(F)F)c1ccc2nc(N)nc(C(=O)n3cc4ccccc4c3)c2c1. The molecule has 1 unspecified atom stereocenters. The van der Waals surface area contributed by atoms with Crippen LogP contribution in [0.1, 0.15) is 41.7 Å². The van der Waals surface area contributed by atoms with Crippen LogP contribution in [0.3, 0.4) is 0 Å². The Morgan fingerprint density at radius 1 is 1.06 bits per heavy atom. The third-order valence-electron chi connectivity index (χ3n) is 5.47. The number of nitrogens with zero attached hydrogens (tertiary/aromatic N) is 3. The standard InChI is InChI=1S/C24H23F2N5O2/c1-2-28-22(32)17(8-10-20(25)26)14-7-9-19-18(11-14)21(30-24(27)29-19)23(33)31-12-15-5-3-4-6-16(15)13-31/h3-7,9,11-13,17,20H,2,8,10H2,1H3,(H,28,32)(H2,27,29,30). The number of hydrogen-bond donors (Lipinski definition) is 2. The Morgan fingerprint density at radius 2 is 1.76 bits per heavy atom. The second kappa shape index (κ2) is 9.32. The second-order valence-electron chi connectivity index (χ2n) is 7.72. The summed E-state index contributed by atoms with van der Waals surface area (Å²) in [5.41, 5.74) is 6.86. The molecule has 1 atom stereocenters. The van der Waals surface area contributed by atoms with Gasteiger partial charge in [0.15, 0.2) is 0 Å². The van der Waals surface area contributed by atoms with Crippen molar-refractivity contribution in [2.45, 2.75) is 32.1 Å². The number of benzene rings is 2. The van der Waals surface area contributed by atoms with Crippen molar-refractivity contribution in [1.82, 2.24) is 19.9 Å². The monoisotopic (exact) mass is 451 g/mol. The molecule has 0 aliphatic carbocycles. The zero-order chi connectivity index (χ0) is 23.5. The van der Waals surface area contributed by atoms with Crippen LogP contribution in [0, 0.1) is 0 Å². The summed E-state index contributed by atoms with van der Waals surface area (Å²) in [5.74, 6) is -1.62. The van der Waals surface area contributed by atoms with Crippen molar-refractivity contribution in [2.75, 3.05) is 12.3 Å². The number of nitrogen functional groups attached to an aromatic ring is 1. The van der Waals surface area contributed by atoms with Gasteiger partial charge < -0.3 is 11.1 Å². The smallest absolute Gasteiger partial charge is 0.281 e. The fraction of sp³-hybridized carbons (Fsp3) is 0.250. The number of fused-ring (bicyclic) bond motifs is 2. The molecule has 0 fully saturated rings. The molecule has 0 aliphatic rings. The number of nitrogens with two attached hydrogens (primary N) is 1. The minimum Gasteiger partial charge on any atom is -0.368 e. The largest absolute Gasteiger partial charge is 0.368 e. The quantitative estimate of drug-likeness (QED) is 0.440. The number of hydrogen-bond acceptors (Lipinski definition) is 5. The molecule has 3 N–H and O–H groups in total. The molecular weight excluding hydrogens is 428 g/mol. The van der Waals surface area contributed by atoms with Gasteiger partial charge in [0.1, 0.15) is 5.69 Å². The van der Waals surface area contributed by atoms with Crippen LogP contribution in [0.15, 0.2) is 54.9 Å². The Kier molecular flexibility index (Phi) is 6.30. The molecule has 0 bridgehead atoms. The van der Waals surface area contributed by atoms with Crippen LogP contribution in [0.25, 0.3) is 21.7 Å². The number of nitrogens with one attached hydrogen (secondary N) is 1. The van der Waals surface area contributed by atoms with E-state index in [9.17, 15) is 18.4 Å². The van der Waals surface area contributed by atoms with Crippen LogP contribution in [-0.2, 0) is 4.79 Å². The number of amides is 1. The maximum absolute atomic E-state index is 13.4. The van der Waals surface area contributed by atoms with Crippen LogP contribution >= 0.6 is 0 Å². The van der Waals surface area contributed by atoms with Gasteiger partial charge in [-0.3, -0.25) is 14.2 Å². The highest BCUT2D eigenvalue weighted by Gasteiger charge is 2.24. The first-order valence-corrected chi connectivity index (χ1v) is 10.6. The lowest BCUT2D eigenvalue weighted by molar-refractivity contribution is -0.122. The van der Waals surface area contributed by atoms with E-state index in [0.717, 1.165) is 10.8 Å². The van der Waals surface area contributed by atoms with Crippen LogP contribution < -0.4 is 11.1 Å². The number of likely N-dealkylation sites (N-methyl/N-ethyl adjacent to an activating group) is 1. The number of rotatable bonds is 7.